The molecule has 13 heteroatoms. The number of benzene rings is 2. The summed E-state index contributed by atoms with van der Waals surface area (Å²) in [6.07, 6.45) is -6.18. The highest BCUT2D eigenvalue weighted by molar-refractivity contribution is 7.92. The fraction of sp³-hybridized carbons (Fsp3) is 0.316. The largest absolute Gasteiger partial charge is 0.489 e. The number of alkyl halides is 3. The van der Waals surface area contributed by atoms with Crippen LogP contribution in [0, 0.1) is 5.82 Å². The van der Waals surface area contributed by atoms with E-state index in [1.54, 1.807) is 0 Å². The summed E-state index contributed by atoms with van der Waals surface area (Å²) in [6.45, 7) is 1.28. The van der Waals surface area contributed by atoms with Crippen LogP contribution in [0.4, 0.5) is 33.7 Å². The Balaban J connectivity index is 1.90. The molecule has 0 spiro atoms. The Morgan fingerprint density at radius 3 is 2.50 bits per heavy atom. The maximum atomic E-state index is 13.5. The van der Waals surface area contributed by atoms with Gasteiger partial charge in [-0.1, -0.05) is 11.6 Å². The molecule has 0 atom stereocenters. The van der Waals surface area contributed by atoms with Gasteiger partial charge >= 0.3 is 12.3 Å². The number of ether oxygens (including phenoxy) is 2. The smallest absolute Gasteiger partial charge is 0.427 e. The van der Waals surface area contributed by atoms with Crippen molar-refractivity contribution in [2.75, 3.05) is 22.8 Å². The minimum Gasteiger partial charge on any atom is -0.489 e. The first kappa shape index (κ1) is 23.9. The van der Waals surface area contributed by atoms with Crippen molar-refractivity contribution in [2.45, 2.75) is 30.5 Å². The van der Waals surface area contributed by atoms with Crippen molar-refractivity contribution in [2.24, 2.45) is 0 Å². The maximum Gasteiger partial charge on any atom is 0.427 e. The van der Waals surface area contributed by atoms with Gasteiger partial charge in [0.1, 0.15) is 18.2 Å². The molecule has 7 nitrogen and oxygen atoms in total. The summed E-state index contributed by atoms with van der Waals surface area (Å²) in [5.41, 5.74) is -2.76. The number of carbonyl (C=O) groups is 1. The van der Waals surface area contributed by atoms with Crippen LogP contribution in [-0.2, 0) is 14.8 Å². The van der Waals surface area contributed by atoms with Crippen molar-refractivity contribution in [3.05, 3.63) is 47.2 Å². The molecule has 1 aliphatic heterocycles. The lowest BCUT2D eigenvalue weighted by atomic mass is 10.1. The van der Waals surface area contributed by atoms with Crippen molar-refractivity contribution in [3.63, 3.8) is 0 Å². The normalized spacial score (nSPS) is 14.4. The molecule has 0 bridgehead atoms. The molecule has 1 aliphatic rings. The number of anilines is 2. The number of sulfonamides is 1. The molecule has 32 heavy (non-hydrogen) atoms. The molecule has 3 rings (SSSR count). The quantitative estimate of drug-likeness (QED) is 0.605. The highest BCUT2D eigenvalue weighted by atomic mass is 35.5. The number of hydrogen-bond donors (Lipinski definition) is 1. The van der Waals surface area contributed by atoms with Gasteiger partial charge in [0.25, 0.3) is 10.0 Å². The molecule has 1 N–H and O–H groups in total. The Bertz CT molecular complexity index is 1150. The second-order valence-corrected chi connectivity index (χ2v) is 9.48. The molecule has 0 aliphatic carbocycles. The van der Waals surface area contributed by atoms with E-state index in [-0.39, 0.29) is 40.2 Å². The molecular formula is C19H17ClF4N2O5S. The monoisotopic (exact) mass is 496 g/mol. The SMILES string of the molecule is CC(C)(OC(=O)Nc1ccc2c(c1)N(S(=O)(=O)c1ccc(F)c(Cl)c1)CCO2)C(F)(F)F. The van der Waals surface area contributed by atoms with Crippen molar-refractivity contribution < 1.29 is 40.2 Å². The number of carbonyl (C=O) groups excluding carboxylic acids is 1. The molecule has 174 valence electrons. The Morgan fingerprint density at radius 1 is 1.19 bits per heavy atom. The molecule has 0 fully saturated rings. The van der Waals surface area contributed by atoms with Crippen LogP contribution >= 0.6 is 11.6 Å². The van der Waals surface area contributed by atoms with E-state index in [9.17, 15) is 30.8 Å². The summed E-state index contributed by atoms with van der Waals surface area (Å²) in [7, 11) is -4.20. The molecule has 0 unspecified atom stereocenters. The van der Waals surface area contributed by atoms with Crippen molar-refractivity contribution >= 4 is 39.1 Å². The van der Waals surface area contributed by atoms with E-state index in [0.717, 1.165) is 22.5 Å². The van der Waals surface area contributed by atoms with Gasteiger partial charge in [0.05, 0.1) is 22.2 Å². The Morgan fingerprint density at radius 2 is 1.88 bits per heavy atom. The number of amides is 1. The van der Waals surface area contributed by atoms with Crippen molar-refractivity contribution in [1.29, 1.82) is 0 Å². The lowest BCUT2D eigenvalue weighted by Gasteiger charge is -2.31. The van der Waals surface area contributed by atoms with E-state index in [2.05, 4.69) is 10.1 Å². The second kappa shape index (κ2) is 8.32. The van der Waals surface area contributed by atoms with Gasteiger partial charge in [0.15, 0.2) is 0 Å². The number of nitrogens with one attached hydrogen (secondary N) is 1. The van der Waals surface area contributed by atoms with Gasteiger partial charge in [-0.15, -0.1) is 0 Å². The first-order chi connectivity index (χ1) is 14.7. The average Bonchev–Trinajstić information content (AvgIpc) is 2.68. The molecule has 0 saturated heterocycles. The summed E-state index contributed by atoms with van der Waals surface area (Å²) in [5, 5.41) is 1.76. The van der Waals surface area contributed by atoms with Crippen molar-refractivity contribution in [3.8, 4) is 5.75 Å². The topological polar surface area (TPSA) is 84.9 Å². The molecule has 0 radical (unpaired) electrons. The van der Waals surface area contributed by atoms with Gasteiger partial charge in [-0.3, -0.25) is 9.62 Å². The number of rotatable bonds is 4. The fourth-order valence-electron chi connectivity index (χ4n) is 2.72. The van der Waals surface area contributed by atoms with E-state index >= 15 is 0 Å². The minimum absolute atomic E-state index is 0.00967. The van der Waals surface area contributed by atoms with Gasteiger partial charge in [0, 0.05) is 5.69 Å². The van der Waals surface area contributed by atoms with Gasteiger partial charge < -0.3 is 9.47 Å². The van der Waals surface area contributed by atoms with Crippen LogP contribution in [-0.4, -0.2) is 39.4 Å². The third-order valence-electron chi connectivity index (χ3n) is 4.54. The zero-order valence-electron chi connectivity index (χ0n) is 16.7. The van der Waals surface area contributed by atoms with E-state index in [1.807, 2.05) is 0 Å². The third-order valence-corrected chi connectivity index (χ3v) is 6.63. The third kappa shape index (κ3) is 4.70. The molecule has 1 amide bonds. The molecular weight excluding hydrogens is 480 g/mol. The van der Waals surface area contributed by atoms with Crippen LogP contribution < -0.4 is 14.4 Å². The zero-order chi connectivity index (χ0) is 23.9. The summed E-state index contributed by atoms with van der Waals surface area (Å²) >= 11 is 5.70. The van der Waals surface area contributed by atoms with Crippen LogP contribution in [0.3, 0.4) is 0 Å². The summed E-state index contributed by atoms with van der Waals surface area (Å²) in [4.78, 5) is 11.7. The maximum absolute atomic E-state index is 13.5. The highest BCUT2D eigenvalue weighted by Crippen LogP contribution is 2.38. The first-order valence-corrected chi connectivity index (χ1v) is 10.9. The molecule has 2 aromatic carbocycles. The predicted octanol–water partition coefficient (Wildman–Crippen LogP) is 4.96. The van der Waals surface area contributed by atoms with E-state index in [4.69, 9.17) is 16.3 Å². The van der Waals surface area contributed by atoms with Crippen molar-refractivity contribution in [1.82, 2.24) is 0 Å². The number of nitrogens with zero attached hydrogens (tertiary/aromatic N) is 1. The first-order valence-electron chi connectivity index (χ1n) is 9.04. The van der Waals surface area contributed by atoms with Crippen LogP contribution in [0.1, 0.15) is 13.8 Å². The van der Waals surface area contributed by atoms with Crippen LogP contribution in [0.5, 0.6) is 5.75 Å². The summed E-state index contributed by atoms with van der Waals surface area (Å²) < 4.78 is 89.3. The minimum atomic E-state index is -4.80. The molecule has 1 heterocycles. The Kier molecular flexibility index (Phi) is 6.22. The van der Waals surface area contributed by atoms with E-state index < -0.39 is 33.7 Å². The zero-order valence-corrected chi connectivity index (χ0v) is 18.2. The van der Waals surface area contributed by atoms with E-state index in [0.29, 0.717) is 13.8 Å². The number of halogens is 5. The molecule has 0 aromatic heterocycles. The van der Waals surface area contributed by atoms with Crippen LogP contribution in [0.15, 0.2) is 41.3 Å². The van der Waals surface area contributed by atoms with Gasteiger partial charge in [-0.25, -0.2) is 17.6 Å². The molecule has 0 saturated carbocycles. The average molecular weight is 497 g/mol. The number of fused-ring (bicyclic) bond motifs is 1. The van der Waals surface area contributed by atoms with Gasteiger partial charge in [-0.2, -0.15) is 13.2 Å². The van der Waals surface area contributed by atoms with Crippen LogP contribution in [0.25, 0.3) is 0 Å². The Hall–Kier alpha value is -2.73. The summed E-state index contributed by atoms with van der Waals surface area (Å²) in [5.74, 6) is -0.637. The second-order valence-electron chi connectivity index (χ2n) is 7.21. The lowest BCUT2D eigenvalue weighted by Crippen LogP contribution is -2.44. The predicted molar refractivity (Wildman–Crippen MR) is 108 cm³/mol. The van der Waals surface area contributed by atoms with Gasteiger partial charge in [0.2, 0.25) is 5.60 Å². The summed E-state index contributed by atoms with van der Waals surface area (Å²) in [6, 6.07) is 6.78. The lowest BCUT2D eigenvalue weighted by molar-refractivity contribution is -0.242. The standard InChI is InChI=1S/C19H17ClF4N2O5S/c1-18(2,19(22,23)24)31-17(27)25-11-3-6-16-15(9-11)26(7-8-30-16)32(28,29)12-4-5-14(21)13(20)10-12/h3-6,9-10H,7-8H2,1-2H3,(H,25,27). The van der Waals surface area contributed by atoms with E-state index in [1.165, 1.54) is 18.2 Å². The number of hydrogen-bond acceptors (Lipinski definition) is 5. The fourth-order valence-corrected chi connectivity index (χ4v) is 4.44. The van der Waals surface area contributed by atoms with Crippen LogP contribution in [0.2, 0.25) is 5.02 Å². The highest BCUT2D eigenvalue weighted by Gasteiger charge is 2.51. The molecule has 2 aromatic rings. The Labute approximate surface area is 185 Å². The van der Waals surface area contributed by atoms with Gasteiger partial charge in [-0.05, 0) is 50.2 Å².